The number of benzene rings is 2. The van der Waals surface area contributed by atoms with Gasteiger partial charge in [0, 0.05) is 49.8 Å². The van der Waals surface area contributed by atoms with Crippen LogP contribution in [0.25, 0.3) is 0 Å². The summed E-state index contributed by atoms with van der Waals surface area (Å²) in [5.74, 6) is -3.52. The second-order valence-electron chi connectivity index (χ2n) is 11.3. The summed E-state index contributed by atoms with van der Waals surface area (Å²) in [7, 11) is 0. The number of hydrogen-bond donors (Lipinski definition) is 1. The Bertz CT molecular complexity index is 1190. The third-order valence-electron chi connectivity index (χ3n) is 7.75. The topological polar surface area (TPSA) is 77.9 Å². The number of carbonyl (C=O) groups excluding carboxylic acids is 3. The van der Waals surface area contributed by atoms with Crippen LogP contribution in [0.3, 0.4) is 0 Å². The Kier molecular flexibility index (Phi) is 12.0. The summed E-state index contributed by atoms with van der Waals surface area (Å²) in [4.78, 5) is 43.7. The van der Waals surface area contributed by atoms with Crippen molar-refractivity contribution in [1.29, 1.82) is 0 Å². The van der Waals surface area contributed by atoms with E-state index in [1.165, 1.54) is 12.1 Å². The molecule has 0 aromatic heterocycles. The van der Waals surface area contributed by atoms with Gasteiger partial charge in [0.2, 0.25) is 5.91 Å². The second kappa shape index (κ2) is 15.2. The first kappa shape index (κ1) is 32.4. The van der Waals surface area contributed by atoms with E-state index >= 15 is 0 Å². The number of hydrogen-bond acceptors (Lipinski definition) is 4. The van der Waals surface area contributed by atoms with Crippen LogP contribution in [0.5, 0.6) is 0 Å². The molecule has 0 radical (unpaired) electrons. The van der Waals surface area contributed by atoms with Gasteiger partial charge >= 0.3 is 0 Å². The van der Waals surface area contributed by atoms with Gasteiger partial charge in [-0.1, -0.05) is 20.8 Å². The molecule has 1 N–H and O–H groups in total. The number of amides is 2. The van der Waals surface area contributed by atoms with Crippen LogP contribution >= 0.6 is 0 Å². The molecular weight excluding hydrogens is 526 g/mol. The zero-order valence-electron chi connectivity index (χ0n) is 24.8. The molecule has 2 amide bonds. The Morgan fingerprint density at radius 3 is 2.22 bits per heavy atom. The number of aliphatic hydroxyl groups excluding tert-OH is 1. The van der Waals surface area contributed by atoms with E-state index in [9.17, 15) is 28.3 Å². The Balaban J connectivity index is 1.91. The highest BCUT2D eigenvalue weighted by Crippen LogP contribution is 2.31. The number of ketones is 1. The number of nitrogens with zero attached hydrogens (tertiary/aromatic N) is 2. The highest BCUT2D eigenvalue weighted by molar-refractivity contribution is 6.01. The van der Waals surface area contributed by atoms with E-state index in [0.717, 1.165) is 37.3 Å². The molecule has 2 aromatic carbocycles. The maximum Gasteiger partial charge on any atom is 0.253 e. The minimum absolute atomic E-state index is 0.0253. The van der Waals surface area contributed by atoms with Crippen LogP contribution in [0.1, 0.15) is 91.1 Å². The molecule has 3 atom stereocenters. The predicted octanol–water partition coefficient (Wildman–Crippen LogP) is 5.98. The number of aliphatic hydroxyl groups is 1. The van der Waals surface area contributed by atoms with Crippen LogP contribution in [-0.2, 0) is 11.2 Å². The third-order valence-corrected chi connectivity index (χ3v) is 7.75. The summed E-state index contributed by atoms with van der Waals surface area (Å²) < 4.78 is 28.1. The van der Waals surface area contributed by atoms with Crippen molar-refractivity contribution in [2.75, 3.05) is 26.2 Å². The molecule has 0 bridgehead atoms. The maximum atomic E-state index is 14.0. The SMILES string of the molecule is CCCN(CCC)C(=O)c1cc(C)cc(C(=O)C[C@@H](Cc2cc(F)cc(F)c2)[C@H](O)[C@@H]2CCCN(CCC)C2=O)c1. The van der Waals surface area contributed by atoms with Crippen LogP contribution in [-0.4, -0.2) is 64.8 Å². The van der Waals surface area contributed by atoms with Crippen molar-refractivity contribution >= 4 is 17.6 Å². The van der Waals surface area contributed by atoms with Crippen molar-refractivity contribution in [3.8, 4) is 0 Å². The summed E-state index contributed by atoms with van der Waals surface area (Å²) in [5.41, 5.74) is 1.83. The summed E-state index contributed by atoms with van der Waals surface area (Å²) in [5, 5.41) is 11.5. The van der Waals surface area contributed by atoms with E-state index in [4.69, 9.17) is 0 Å². The van der Waals surface area contributed by atoms with Gasteiger partial charge in [-0.3, -0.25) is 14.4 Å². The first-order valence-corrected chi connectivity index (χ1v) is 14.9. The first-order chi connectivity index (χ1) is 19.6. The molecule has 0 spiro atoms. The fraction of sp³-hybridized carbons (Fsp3) is 0.545. The minimum Gasteiger partial charge on any atom is -0.392 e. The van der Waals surface area contributed by atoms with E-state index in [-0.39, 0.29) is 30.4 Å². The predicted molar refractivity (Wildman–Crippen MR) is 156 cm³/mol. The van der Waals surface area contributed by atoms with E-state index < -0.39 is 29.6 Å². The first-order valence-electron chi connectivity index (χ1n) is 14.9. The normalized spacial score (nSPS) is 16.9. The molecule has 2 aromatic rings. The Morgan fingerprint density at radius 1 is 0.976 bits per heavy atom. The van der Waals surface area contributed by atoms with Crippen LogP contribution in [0.4, 0.5) is 8.78 Å². The van der Waals surface area contributed by atoms with E-state index in [0.29, 0.717) is 49.3 Å². The summed E-state index contributed by atoms with van der Waals surface area (Å²) in [6, 6.07) is 8.23. The maximum absolute atomic E-state index is 14.0. The second-order valence-corrected chi connectivity index (χ2v) is 11.3. The molecule has 1 fully saturated rings. The van der Waals surface area contributed by atoms with Crippen LogP contribution in [0, 0.1) is 30.4 Å². The number of piperidine rings is 1. The Hall–Kier alpha value is -3.13. The lowest BCUT2D eigenvalue weighted by Crippen LogP contribution is -2.48. The van der Waals surface area contributed by atoms with Gasteiger partial charge in [-0.15, -0.1) is 0 Å². The number of carbonyl (C=O) groups is 3. The zero-order valence-corrected chi connectivity index (χ0v) is 24.8. The van der Waals surface area contributed by atoms with E-state index in [1.54, 1.807) is 28.0 Å². The molecule has 0 unspecified atom stereocenters. The number of Topliss-reactive ketones (excluding diaryl/α,β-unsaturated/α-hetero) is 1. The minimum atomic E-state index is -1.17. The fourth-order valence-corrected chi connectivity index (χ4v) is 5.91. The Labute approximate surface area is 242 Å². The quantitative estimate of drug-likeness (QED) is 0.284. The van der Waals surface area contributed by atoms with Gasteiger partial charge in [0.15, 0.2) is 5.78 Å². The molecule has 1 heterocycles. The van der Waals surface area contributed by atoms with Crippen LogP contribution in [0.15, 0.2) is 36.4 Å². The van der Waals surface area contributed by atoms with Crippen molar-refractivity contribution in [2.24, 2.45) is 11.8 Å². The summed E-state index contributed by atoms with van der Waals surface area (Å²) >= 11 is 0. The smallest absolute Gasteiger partial charge is 0.253 e. The molecule has 1 saturated heterocycles. The summed E-state index contributed by atoms with van der Waals surface area (Å²) in [6.45, 7) is 10.3. The molecule has 41 heavy (non-hydrogen) atoms. The Morgan fingerprint density at radius 2 is 1.61 bits per heavy atom. The van der Waals surface area contributed by atoms with Gasteiger partial charge in [0.1, 0.15) is 11.6 Å². The molecule has 224 valence electrons. The average molecular weight is 571 g/mol. The standard InChI is InChI=1S/C33H44F2N2O4/c1-5-10-36(11-6-2)32(40)26-15-22(4)14-24(19-26)30(38)20-25(16-23-17-27(34)21-28(35)18-23)31(39)29-9-8-13-37(12-7-3)33(29)41/h14-15,17-19,21,25,29,31,39H,5-13,16,20H2,1-4H3/t25-,29+,31+/m1/s1. The zero-order chi connectivity index (χ0) is 30.1. The van der Waals surface area contributed by atoms with Gasteiger partial charge in [-0.2, -0.15) is 0 Å². The highest BCUT2D eigenvalue weighted by Gasteiger charge is 2.38. The third kappa shape index (κ3) is 8.68. The summed E-state index contributed by atoms with van der Waals surface area (Å²) in [6.07, 6.45) is 2.36. The lowest BCUT2D eigenvalue weighted by molar-refractivity contribution is -0.144. The van der Waals surface area contributed by atoms with Crippen LogP contribution in [0.2, 0.25) is 0 Å². The number of halogens is 2. The molecule has 1 aliphatic heterocycles. The average Bonchev–Trinajstić information content (AvgIpc) is 2.92. The monoisotopic (exact) mass is 570 g/mol. The van der Waals surface area contributed by atoms with Crippen molar-refractivity contribution in [2.45, 2.75) is 78.7 Å². The van der Waals surface area contributed by atoms with Crippen LogP contribution < -0.4 is 0 Å². The largest absolute Gasteiger partial charge is 0.392 e. The molecule has 8 heteroatoms. The van der Waals surface area contributed by atoms with Gasteiger partial charge in [0.25, 0.3) is 5.91 Å². The lowest BCUT2D eigenvalue weighted by Gasteiger charge is -2.37. The van der Waals surface area contributed by atoms with Crippen molar-refractivity contribution in [3.63, 3.8) is 0 Å². The molecule has 1 aliphatic rings. The molecule has 0 aliphatic carbocycles. The van der Waals surface area contributed by atoms with Gasteiger partial charge in [-0.05, 0) is 92.8 Å². The number of aryl methyl sites for hydroxylation is 1. The van der Waals surface area contributed by atoms with Crippen molar-refractivity contribution in [3.05, 3.63) is 70.3 Å². The lowest BCUT2D eigenvalue weighted by atomic mass is 9.79. The van der Waals surface area contributed by atoms with Gasteiger partial charge < -0.3 is 14.9 Å². The molecule has 0 saturated carbocycles. The van der Waals surface area contributed by atoms with Gasteiger partial charge in [0.05, 0.1) is 12.0 Å². The van der Waals surface area contributed by atoms with E-state index in [1.807, 2.05) is 27.7 Å². The van der Waals surface area contributed by atoms with E-state index in [2.05, 4.69) is 0 Å². The highest BCUT2D eigenvalue weighted by atomic mass is 19.1. The molecular formula is C33H44F2N2O4. The fourth-order valence-electron chi connectivity index (χ4n) is 5.91. The molecule has 3 rings (SSSR count). The van der Waals surface area contributed by atoms with Gasteiger partial charge in [-0.25, -0.2) is 8.78 Å². The number of rotatable bonds is 14. The van der Waals surface area contributed by atoms with Crippen molar-refractivity contribution in [1.82, 2.24) is 9.80 Å². The molecule has 6 nitrogen and oxygen atoms in total. The van der Waals surface area contributed by atoms with Crippen molar-refractivity contribution < 1.29 is 28.3 Å². The number of likely N-dealkylation sites (tertiary alicyclic amines) is 1.